The second-order valence-electron chi connectivity index (χ2n) is 3.90. The lowest BCUT2D eigenvalue weighted by Crippen LogP contribution is -2.50. The SMILES string of the molecule is C=C/C=C(\C=C)C1NC(=O)NC(C)=C1C(=O)OCC. The van der Waals surface area contributed by atoms with Crippen molar-refractivity contribution >= 4 is 12.0 Å². The van der Waals surface area contributed by atoms with E-state index >= 15 is 0 Å². The molecule has 102 valence electrons. The van der Waals surface area contributed by atoms with Crippen LogP contribution in [0.25, 0.3) is 0 Å². The number of urea groups is 1. The van der Waals surface area contributed by atoms with E-state index in [2.05, 4.69) is 23.8 Å². The van der Waals surface area contributed by atoms with Gasteiger partial charge in [-0.1, -0.05) is 31.4 Å². The molecule has 0 radical (unpaired) electrons. The minimum Gasteiger partial charge on any atom is -0.463 e. The molecule has 0 aromatic rings. The van der Waals surface area contributed by atoms with Crippen molar-refractivity contribution in [3.8, 4) is 0 Å². The van der Waals surface area contributed by atoms with Gasteiger partial charge in [-0.25, -0.2) is 9.59 Å². The first kappa shape index (κ1) is 14.8. The van der Waals surface area contributed by atoms with Crippen molar-refractivity contribution in [3.63, 3.8) is 0 Å². The van der Waals surface area contributed by atoms with Gasteiger partial charge in [0.2, 0.25) is 0 Å². The van der Waals surface area contributed by atoms with E-state index in [1.807, 2.05) is 0 Å². The van der Waals surface area contributed by atoms with Gasteiger partial charge in [0, 0.05) is 5.70 Å². The quantitative estimate of drug-likeness (QED) is 0.586. The molecule has 2 N–H and O–H groups in total. The summed E-state index contributed by atoms with van der Waals surface area (Å²) in [6.07, 6.45) is 4.84. The molecule has 1 unspecified atom stereocenters. The molecule has 5 heteroatoms. The Hall–Kier alpha value is -2.30. The zero-order chi connectivity index (χ0) is 14.4. The summed E-state index contributed by atoms with van der Waals surface area (Å²) in [6, 6.07) is -0.948. The van der Waals surface area contributed by atoms with Crippen molar-refractivity contribution in [3.05, 3.63) is 48.2 Å². The van der Waals surface area contributed by atoms with Crippen LogP contribution >= 0.6 is 0 Å². The highest BCUT2D eigenvalue weighted by molar-refractivity contribution is 5.95. The highest BCUT2D eigenvalue weighted by atomic mass is 16.5. The van der Waals surface area contributed by atoms with Gasteiger partial charge < -0.3 is 15.4 Å². The maximum atomic E-state index is 12.0. The fourth-order valence-corrected chi connectivity index (χ4v) is 1.84. The molecule has 2 amide bonds. The summed E-state index contributed by atoms with van der Waals surface area (Å²) >= 11 is 0. The molecule has 1 heterocycles. The van der Waals surface area contributed by atoms with Crippen LogP contribution in [0.3, 0.4) is 0 Å². The van der Waals surface area contributed by atoms with E-state index in [4.69, 9.17) is 4.74 Å². The van der Waals surface area contributed by atoms with Crippen molar-refractivity contribution in [2.24, 2.45) is 0 Å². The molecule has 5 nitrogen and oxygen atoms in total. The first-order valence-electron chi connectivity index (χ1n) is 5.95. The summed E-state index contributed by atoms with van der Waals surface area (Å²) in [6.45, 7) is 10.9. The van der Waals surface area contributed by atoms with Gasteiger partial charge in [0.05, 0.1) is 18.2 Å². The Morgan fingerprint density at radius 3 is 2.68 bits per heavy atom. The molecule has 0 aliphatic carbocycles. The molecule has 0 fully saturated rings. The fourth-order valence-electron chi connectivity index (χ4n) is 1.84. The number of allylic oxidation sites excluding steroid dienone is 3. The Kier molecular flexibility index (Phi) is 5.11. The number of amides is 2. The van der Waals surface area contributed by atoms with Gasteiger partial charge >= 0.3 is 12.0 Å². The van der Waals surface area contributed by atoms with Gasteiger partial charge in [0.1, 0.15) is 0 Å². The Balaban J connectivity index is 3.24. The monoisotopic (exact) mass is 262 g/mol. The van der Waals surface area contributed by atoms with E-state index < -0.39 is 12.0 Å². The Bertz CT molecular complexity index is 475. The molecule has 0 saturated carbocycles. The number of carbonyl (C=O) groups excluding carboxylic acids is 2. The first-order chi connectivity index (χ1) is 9.04. The van der Waals surface area contributed by atoms with Crippen LogP contribution in [0.4, 0.5) is 4.79 Å². The lowest BCUT2D eigenvalue weighted by Gasteiger charge is -2.28. The maximum absolute atomic E-state index is 12.0. The molecule has 1 rings (SSSR count). The topological polar surface area (TPSA) is 67.4 Å². The number of rotatable bonds is 5. The average molecular weight is 262 g/mol. The molecule has 0 spiro atoms. The molecule has 19 heavy (non-hydrogen) atoms. The number of carbonyl (C=O) groups is 2. The lowest BCUT2D eigenvalue weighted by molar-refractivity contribution is -0.138. The minimum atomic E-state index is -0.580. The number of hydrogen-bond acceptors (Lipinski definition) is 3. The van der Waals surface area contributed by atoms with E-state index in [1.54, 1.807) is 32.1 Å². The van der Waals surface area contributed by atoms with Gasteiger partial charge in [0.25, 0.3) is 0 Å². The second-order valence-corrected chi connectivity index (χ2v) is 3.90. The predicted octanol–water partition coefficient (Wildman–Crippen LogP) is 1.80. The highest BCUT2D eigenvalue weighted by Gasteiger charge is 2.32. The van der Waals surface area contributed by atoms with Gasteiger partial charge in [0.15, 0.2) is 0 Å². The third-order valence-corrected chi connectivity index (χ3v) is 2.64. The predicted molar refractivity (Wildman–Crippen MR) is 73.3 cm³/mol. The van der Waals surface area contributed by atoms with E-state index in [-0.39, 0.29) is 12.6 Å². The summed E-state index contributed by atoms with van der Waals surface area (Å²) in [5.41, 5.74) is 1.52. The zero-order valence-corrected chi connectivity index (χ0v) is 11.2. The van der Waals surface area contributed by atoms with Gasteiger partial charge in [-0.05, 0) is 19.4 Å². The van der Waals surface area contributed by atoms with Gasteiger partial charge in [-0.15, -0.1) is 0 Å². The molecular formula is C14H18N2O3. The van der Waals surface area contributed by atoms with Crippen LogP contribution in [0.15, 0.2) is 48.2 Å². The smallest absolute Gasteiger partial charge is 0.338 e. The van der Waals surface area contributed by atoms with Crippen molar-refractivity contribution in [1.29, 1.82) is 0 Å². The number of hydrogen-bond donors (Lipinski definition) is 2. The summed E-state index contributed by atoms with van der Waals surface area (Å²) in [5, 5.41) is 5.24. The van der Waals surface area contributed by atoms with Crippen LogP contribution in [-0.4, -0.2) is 24.6 Å². The Morgan fingerprint density at radius 1 is 1.47 bits per heavy atom. The van der Waals surface area contributed by atoms with Crippen molar-refractivity contribution in [1.82, 2.24) is 10.6 Å². The van der Waals surface area contributed by atoms with Crippen LogP contribution < -0.4 is 10.6 Å². The van der Waals surface area contributed by atoms with Crippen LogP contribution in [0.1, 0.15) is 13.8 Å². The lowest BCUT2D eigenvalue weighted by atomic mass is 9.95. The van der Waals surface area contributed by atoms with Crippen molar-refractivity contribution < 1.29 is 14.3 Å². The minimum absolute atomic E-state index is 0.269. The molecule has 1 atom stereocenters. The molecule has 1 aliphatic rings. The van der Waals surface area contributed by atoms with E-state index in [0.717, 1.165) is 0 Å². The van der Waals surface area contributed by atoms with E-state index in [0.29, 0.717) is 16.8 Å². The van der Waals surface area contributed by atoms with Crippen LogP contribution in [0.5, 0.6) is 0 Å². The standard InChI is InChI=1S/C14H18N2O3/c1-5-8-10(6-2)12-11(13(17)19-7-3)9(4)15-14(18)16-12/h5-6,8,12H,1-2,7H2,3-4H3,(H2,15,16,18)/b10-8+. The van der Waals surface area contributed by atoms with Crippen LogP contribution in [-0.2, 0) is 9.53 Å². The first-order valence-corrected chi connectivity index (χ1v) is 5.95. The molecule has 1 aliphatic heterocycles. The maximum Gasteiger partial charge on any atom is 0.338 e. The normalized spacial score (nSPS) is 19.4. The molecule has 0 saturated heterocycles. The third-order valence-electron chi connectivity index (χ3n) is 2.64. The zero-order valence-electron chi connectivity index (χ0n) is 11.2. The van der Waals surface area contributed by atoms with Crippen molar-refractivity contribution in [2.45, 2.75) is 19.9 Å². The molecule has 0 aromatic carbocycles. The third kappa shape index (κ3) is 3.34. The molecular weight excluding hydrogens is 244 g/mol. The van der Waals surface area contributed by atoms with Gasteiger partial charge in [-0.3, -0.25) is 0 Å². The molecule has 0 aromatic heterocycles. The summed E-state index contributed by atoms with van der Waals surface area (Å²) in [5.74, 6) is -0.464. The van der Waals surface area contributed by atoms with Crippen molar-refractivity contribution in [2.75, 3.05) is 6.61 Å². The number of ether oxygens (including phenoxy) is 1. The Labute approximate surface area is 112 Å². The summed E-state index contributed by atoms with van der Waals surface area (Å²) in [4.78, 5) is 23.5. The van der Waals surface area contributed by atoms with Crippen LogP contribution in [0, 0.1) is 0 Å². The Morgan fingerprint density at radius 2 is 2.16 bits per heavy atom. The largest absolute Gasteiger partial charge is 0.463 e. The summed E-state index contributed by atoms with van der Waals surface area (Å²) < 4.78 is 5.01. The number of esters is 1. The van der Waals surface area contributed by atoms with E-state index in [1.165, 1.54) is 0 Å². The van der Waals surface area contributed by atoms with Crippen LogP contribution in [0.2, 0.25) is 0 Å². The fraction of sp³-hybridized carbons (Fsp3) is 0.286. The number of nitrogens with one attached hydrogen (secondary N) is 2. The van der Waals surface area contributed by atoms with E-state index in [9.17, 15) is 9.59 Å². The van der Waals surface area contributed by atoms with Gasteiger partial charge in [-0.2, -0.15) is 0 Å². The molecule has 0 bridgehead atoms. The second kappa shape index (κ2) is 6.58. The highest BCUT2D eigenvalue weighted by Crippen LogP contribution is 2.20. The average Bonchev–Trinajstić information content (AvgIpc) is 2.35. The summed E-state index contributed by atoms with van der Waals surface area (Å²) in [7, 11) is 0.